The highest BCUT2D eigenvalue weighted by Crippen LogP contribution is 2.37. The van der Waals surface area contributed by atoms with Gasteiger partial charge in [0.1, 0.15) is 17.6 Å². The number of halogens is 2. The van der Waals surface area contributed by atoms with Gasteiger partial charge in [0.25, 0.3) is 5.91 Å². The van der Waals surface area contributed by atoms with E-state index in [0.29, 0.717) is 30.0 Å². The number of nitrogens with two attached hydrogens (primary N) is 2. The maximum absolute atomic E-state index is 13.7. The first-order valence-corrected chi connectivity index (χ1v) is 12.3. The van der Waals surface area contributed by atoms with Crippen LogP contribution in [0.4, 0.5) is 15.8 Å². The lowest BCUT2D eigenvalue weighted by atomic mass is 10.1. The van der Waals surface area contributed by atoms with Crippen LogP contribution in [0.2, 0.25) is 0 Å². The van der Waals surface area contributed by atoms with E-state index in [1.54, 1.807) is 34.7 Å². The maximum atomic E-state index is 13.7. The molecule has 4 N–H and O–H groups in total. The molecule has 1 amide bonds. The minimum atomic E-state index is -0.650. The van der Waals surface area contributed by atoms with Crippen LogP contribution in [0.15, 0.2) is 77.4 Å². The van der Waals surface area contributed by atoms with Crippen LogP contribution in [0.5, 0.6) is 0 Å². The van der Waals surface area contributed by atoms with E-state index >= 15 is 0 Å². The first-order valence-electron chi connectivity index (χ1n) is 11.5. The second-order valence-electron chi connectivity index (χ2n) is 8.74. The van der Waals surface area contributed by atoms with Gasteiger partial charge in [0.2, 0.25) is 0 Å². The van der Waals surface area contributed by atoms with Crippen molar-refractivity contribution < 1.29 is 13.9 Å². The van der Waals surface area contributed by atoms with Crippen LogP contribution >= 0.6 is 15.9 Å². The van der Waals surface area contributed by atoms with Crippen molar-refractivity contribution in [2.24, 2.45) is 0 Å². The molecule has 0 aliphatic carbocycles. The summed E-state index contributed by atoms with van der Waals surface area (Å²) in [6, 6.07) is 19.3. The third-order valence-electron chi connectivity index (χ3n) is 6.26. The lowest BCUT2D eigenvalue weighted by Crippen LogP contribution is -2.32. The van der Waals surface area contributed by atoms with Crippen molar-refractivity contribution in [3.05, 3.63) is 94.3 Å². The smallest absolute Gasteiger partial charge is 0.253 e. The average molecular weight is 550 g/mol. The fourth-order valence-electron chi connectivity index (χ4n) is 4.30. The predicted octanol–water partition coefficient (Wildman–Crippen LogP) is 5.09. The van der Waals surface area contributed by atoms with Crippen molar-refractivity contribution in [3.63, 3.8) is 0 Å². The minimum Gasteiger partial charge on any atom is -0.397 e. The van der Waals surface area contributed by atoms with Gasteiger partial charge < -0.3 is 21.1 Å². The number of ether oxygens (including phenoxy) is 1. The Kier molecular flexibility index (Phi) is 6.51. The van der Waals surface area contributed by atoms with E-state index in [-0.39, 0.29) is 11.7 Å². The van der Waals surface area contributed by atoms with Gasteiger partial charge in [-0.3, -0.25) is 4.79 Å². The third-order valence-corrected chi connectivity index (χ3v) is 6.79. The number of carbonyl (C=O) groups is 1. The van der Waals surface area contributed by atoms with Crippen molar-refractivity contribution in [1.82, 2.24) is 14.7 Å². The summed E-state index contributed by atoms with van der Waals surface area (Å²) >= 11 is 3.46. The Morgan fingerprint density at radius 1 is 1.03 bits per heavy atom. The van der Waals surface area contributed by atoms with Gasteiger partial charge in [0, 0.05) is 28.3 Å². The molecule has 1 aliphatic heterocycles. The van der Waals surface area contributed by atoms with Gasteiger partial charge in [-0.25, -0.2) is 9.07 Å². The van der Waals surface area contributed by atoms with Crippen molar-refractivity contribution in [1.29, 1.82) is 0 Å². The summed E-state index contributed by atoms with van der Waals surface area (Å²) < 4.78 is 22.5. The maximum Gasteiger partial charge on any atom is 0.253 e. The summed E-state index contributed by atoms with van der Waals surface area (Å²) in [6.45, 7) is 2.16. The molecule has 36 heavy (non-hydrogen) atoms. The first-order chi connectivity index (χ1) is 17.3. The van der Waals surface area contributed by atoms with Gasteiger partial charge in [-0.05, 0) is 79.6 Å². The average Bonchev–Trinajstić information content (AvgIpc) is 3.42. The molecular weight excluding hydrogens is 525 g/mol. The lowest BCUT2D eigenvalue weighted by Gasteiger charge is -2.23. The Balaban J connectivity index is 1.53. The third kappa shape index (κ3) is 4.72. The number of anilines is 2. The number of nitrogen functional groups attached to an aromatic ring is 2. The standard InChI is InChI=1S/C27H25BrFN5O2/c1-16-26(35)33(13-12-17-2-11-23(30)24(31)14-17)27(36-16)22-15-34(21-9-5-19(28)6-10-21)32-25(22)18-3-7-20(29)8-4-18/h2-11,14-16,27H,12-13,30-31H2,1H3/t16-,27-/m0/s1. The van der Waals surface area contributed by atoms with Crippen LogP contribution < -0.4 is 11.5 Å². The van der Waals surface area contributed by atoms with E-state index in [0.717, 1.165) is 26.9 Å². The zero-order chi connectivity index (χ0) is 25.4. The zero-order valence-electron chi connectivity index (χ0n) is 19.6. The Morgan fingerprint density at radius 2 is 1.75 bits per heavy atom. The van der Waals surface area contributed by atoms with Crippen LogP contribution in [0.1, 0.15) is 24.3 Å². The SMILES string of the molecule is C[C@@H]1O[C@@H](c2cn(-c3ccc(Br)cc3)nc2-c2ccc(F)cc2)N(CCc2ccc(N)c(N)c2)C1=O. The van der Waals surface area contributed by atoms with Crippen LogP contribution in [-0.4, -0.2) is 33.2 Å². The van der Waals surface area contributed by atoms with E-state index < -0.39 is 12.3 Å². The molecule has 7 nitrogen and oxygen atoms in total. The van der Waals surface area contributed by atoms with Crippen LogP contribution in [0.3, 0.4) is 0 Å². The van der Waals surface area contributed by atoms with Crippen molar-refractivity contribution >= 4 is 33.2 Å². The normalized spacial score (nSPS) is 17.6. The van der Waals surface area contributed by atoms with E-state index in [4.69, 9.17) is 21.3 Å². The molecule has 5 rings (SSSR count). The quantitative estimate of drug-likeness (QED) is 0.326. The fourth-order valence-corrected chi connectivity index (χ4v) is 4.56. The Morgan fingerprint density at radius 3 is 2.44 bits per heavy atom. The highest BCUT2D eigenvalue weighted by atomic mass is 79.9. The van der Waals surface area contributed by atoms with E-state index in [1.807, 2.05) is 42.6 Å². The lowest BCUT2D eigenvalue weighted by molar-refractivity contribution is -0.130. The molecule has 0 unspecified atom stereocenters. The number of benzene rings is 3. The molecule has 1 aliphatic rings. The number of aromatic nitrogens is 2. The number of nitrogens with zero attached hydrogens (tertiary/aromatic N) is 3. The van der Waals surface area contributed by atoms with Crippen molar-refractivity contribution in [2.75, 3.05) is 18.0 Å². The monoisotopic (exact) mass is 549 g/mol. The highest BCUT2D eigenvalue weighted by Gasteiger charge is 2.40. The fraction of sp³-hybridized carbons (Fsp3) is 0.185. The van der Waals surface area contributed by atoms with Crippen LogP contribution in [0, 0.1) is 5.82 Å². The summed E-state index contributed by atoms with van der Waals surface area (Å²) in [4.78, 5) is 14.8. The molecule has 0 spiro atoms. The molecule has 184 valence electrons. The molecular formula is C27H25BrFN5O2. The molecule has 0 radical (unpaired) electrons. The summed E-state index contributed by atoms with van der Waals surface area (Å²) in [5.41, 5.74) is 16.7. The van der Waals surface area contributed by atoms with E-state index in [1.165, 1.54) is 12.1 Å². The number of hydrogen-bond acceptors (Lipinski definition) is 5. The molecule has 3 aromatic carbocycles. The number of amides is 1. The van der Waals surface area contributed by atoms with Crippen molar-refractivity contribution in [2.45, 2.75) is 25.7 Å². The van der Waals surface area contributed by atoms with Gasteiger partial charge in [-0.1, -0.05) is 22.0 Å². The molecule has 1 saturated heterocycles. The molecule has 1 aromatic heterocycles. The van der Waals surface area contributed by atoms with Gasteiger partial charge >= 0.3 is 0 Å². The predicted molar refractivity (Wildman–Crippen MR) is 141 cm³/mol. The molecule has 0 saturated carbocycles. The summed E-state index contributed by atoms with van der Waals surface area (Å²) in [5.74, 6) is -0.442. The number of carbonyl (C=O) groups excluding carboxylic acids is 1. The van der Waals surface area contributed by atoms with Crippen LogP contribution in [-0.2, 0) is 16.0 Å². The van der Waals surface area contributed by atoms with Gasteiger partial charge in [-0.15, -0.1) is 0 Å². The molecule has 4 aromatic rings. The summed E-state index contributed by atoms with van der Waals surface area (Å²) in [5, 5.41) is 4.81. The highest BCUT2D eigenvalue weighted by molar-refractivity contribution is 9.10. The number of rotatable bonds is 6. The Hall–Kier alpha value is -3.69. The Bertz CT molecular complexity index is 1400. The molecule has 2 atom stereocenters. The summed E-state index contributed by atoms with van der Waals surface area (Å²) in [6.07, 6.45) is 1.19. The van der Waals surface area contributed by atoms with Gasteiger partial charge in [0.05, 0.1) is 17.1 Å². The molecule has 2 heterocycles. The van der Waals surface area contributed by atoms with Crippen molar-refractivity contribution in [3.8, 4) is 16.9 Å². The van der Waals surface area contributed by atoms with E-state index in [2.05, 4.69) is 15.9 Å². The first kappa shape index (κ1) is 24.0. The molecule has 0 bridgehead atoms. The number of hydrogen-bond donors (Lipinski definition) is 2. The second-order valence-corrected chi connectivity index (χ2v) is 9.65. The second kappa shape index (κ2) is 9.75. The topological polar surface area (TPSA) is 99.4 Å². The molecule has 9 heteroatoms. The van der Waals surface area contributed by atoms with Crippen LogP contribution in [0.25, 0.3) is 16.9 Å². The van der Waals surface area contributed by atoms with Gasteiger partial charge in [-0.2, -0.15) is 5.10 Å². The molecule has 1 fully saturated rings. The van der Waals surface area contributed by atoms with Gasteiger partial charge in [0.15, 0.2) is 6.23 Å². The summed E-state index contributed by atoms with van der Waals surface area (Å²) in [7, 11) is 0. The zero-order valence-corrected chi connectivity index (χ0v) is 21.2. The largest absolute Gasteiger partial charge is 0.397 e. The Labute approximate surface area is 216 Å². The van der Waals surface area contributed by atoms with E-state index in [9.17, 15) is 9.18 Å². The minimum absolute atomic E-state index is 0.107.